The zero-order chi connectivity index (χ0) is 18.2. The van der Waals surface area contributed by atoms with E-state index in [2.05, 4.69) is 20.6 Å². The molecular weight excluding hydrogens is 331 g/mol. The van der Waals surface area contributed by atoms with Crippen molar-refractivity contribution >= 4 is 22.6 Å². The Morgan fingerprint density at radius 2 is 1.81 bits per heavy atom. The van der Waals surface area contributed by atoms with Crippen LogP contribution in [0.25, 0.3) is 10.9 Å². The third kappa shape index (κ3) is 4.99. The van der Waals surface area contributed by atoms with Gasteiger partial charge in [0.1, 0.15) is 18.0 Å². The number of nitrogens with one attached hydrogen (secondary N) is 2. The molecule has 0 unspecified atom stereocenters. The molecule has 6 heteroatoms. The highest BCUT2D eigenvalue weighted by Gasteiger charge is 2.04. The molecule has 0 bridgehead atoms. The summed E-state index contributed by atoms with van der Waals surface area (Å²) in [6.07, 6.45) is 3.38. The lowest BCUT2D eigenvalue weighted by molar-refractivity contribution is -0.121. The monoisotopic (exact) mass is 352 g/mol. The van der Waals surface area contributed by atoms with Crippen LogP contribution in [0.4, 0.5) is 10.2 Å². The third-order valence-corrected chi connectivity index (χ3v) is 4.06. The summed E-state index contributed by atoms with van der Waals surface area (Å²) in [5.74, 6) is 0.551. The number of para-hydroxylation sites is 1. The summed E-state index contributed by atoms with van der Waals surface area (Å²) in [5, 5.41) is 7.12. The van der Waals surface area contributed by atoms with Crippen molar-refractivity contribution in [3.8, 4) is 0 Å². The highest BCUT2D eigenvalue weighted by molar-refractivity contribution is 5.88. The second kappa shape index (κ2) is 8.89. The van der Waals surface area contributed by atoms with Crippen molar-refractivity contribution in [3.63, 3.8) is 0 Å². The Balaban J connectivity index is 1.36. The maximum absolute atomic E-state index is 12.8. The van der Waals surface area contributed by atoms with E-state index in [9.17, 15) is 9.18 Å². The molecule has 1 heterocycles. The number of benzene rings is 2. The number of carbonyl (C=O) groups is 1. The molecule has 0 atom stereocenters. The minimum atomic E-state index is -0.248. The minimum absolute atomic E-state index is 0.0152. The van der Waals surface area contributed by atoms with Gasteiger partial charge in [-0.3, -0.25) is 4.79 Å². The minimum Gasteiger partial charge on any atom is -0.369 e. The molecule has 134 valence electrons. The maximum Gasteiger partial charge on any atom is 0.220 e. The largest absolute Gasteiger partial charge is 0.369 e. The number of amides is 1. The van der Waals surface area contributed by atoms with Crippen molar-refractivity contribution in [2.45, 2.75) is 19.3 Å². The van der Waals surface area contributed by atoms with E-state index < -0.39 is 0 Å². The number of carbonyl (C=O) groups excluding carboxylic acids is 1. The molecule has 2 N–H and O–H groups in total. The molecule has 0 aliphatic heterocycles. The second-order valence-electron chi connectivity index (χ2n) is 6.00. The Labute approximate surface area is 151 Å². The van der Waals surface area contributed by atoms with Gasteiger partial charge in [-0.1, -0.05) is 24.3 Å². The number of fused-ring (bicyclic) bond motifs is 1. The van der Waals surface area contributed by atoms with Gasteiger partial charge in [0.25, 0.3) is 0 Å². The summed E-state index contributed by atoms with van der Waals surface area (Å²) in [6, 6.07) is 14.1. The molecule has 0 saturated carbocycles. The number of halogens is 1. The standard InChI is InChI=1S/C20H21FN4O/c21-16-9-7-15(8-10-16)11-13-22-19(26)6-3-12-23-20-17-4-1-2-5-18(17)24-14-25-20/h1-2,4-5,7-10,14H,3,6,11-13H2,(H,22,26)(H,23,24,25). The third-order valence-electron chi connectivity index (χ3n) is 4.06. The molecule has 0 aliphatic carbocycles. The Bertz CT molecular complexity index is 862. The average Bonchev–Trinajstić information content (AvgIpc) is 2.67. The molecule has 0 saturated heterocycles. The lowest BCUT2D eigenvalue weighted by Crippen LogP contribution is -2.26. The van der Waals surface area contributed by atoms with Gasteiger partial charge in [-0.05, 0) is 42.7 Å². The van der Waals surface area contributed by atoms with Crippen molar-refractivity contribution in [1.82, 2.24) is 15.3 Å². The number of rotatable bonds is 8. The van der Waals surface area contributed by atoms with Crippen molar-refractivity contribution in [3.05, 3.63) is 66.2 Å². The van der Waals surface area contributed by atoms with E-state index in [4.69, 9.17) is 0 Å². The molecule has 26 heavy (non-hydrogen) atoms. The van der Waals surface area contributed by atoms with E-state index in [-0.39, 0.29) is 11.7 Å². The van der Waals surface area contributed by atoms with Crippen LogP contribution in [0.3, 0.4) is 0 Å². The van der Waals surface area contributed by atoms with Crippen molar-refractivity contribution in [2.24, 2.45) is 0 Å². The number of anilines is 1. The molecule has 0 aliphatic rings. The molecule has 2 aromatic carbocycles. The number of nitrogens with zero attached hydrogens (tertiary/aromatic N) is 2. The first kappa shape index (κ1) is 17.8. The zero-order valence-corrected chi connectivity index (χ0v) is 14.4. The van der Waals surface area contributed by atoms with Gasteiger partial charge in [0.2, 0.25) is 5.91 Å². The predicted octanol–water partition coefficient (Wildman–Crippen LogP) is 3.32. The summed E-state index contributed by atoms with van der Waals surface area (Å²) in [5.41, 5.74) is 1.90. The van der Waals surface area contributed by atoms with Gasteiger partial charge < -0.3 is 10.6 Å². The van der Waals surface area contributed by atoms with Crippen LogP contribution in [0.1, 0.15) is 18.4 Å². The van der Waals surface area contributed by atoms with Crippen LogP contribution >= 0.6 is 0 Å². The first-order valence-corrected chi connectivity index (χ1v) is 8.67. The second-order valence-corrected chi connectivity index (χ2v) is 6.00. The fourth-order valence-electron chi connectivity index (χ4n) is 2.69. The van der Waals surface area contributed by atoms with E-state index in [1.807, 2.05) is 24.3 Å². The molecule has 1 aromatic heterocycles. The summed E-state index contributed by atoms with van der Waals surface area (Å²) < 4.78 is 12.8. The highest BCUT2D eigenvalue weighted by Crippen LogP contribution is 2.18. The maximum atomic E-state index is 12.8. The van der Waals surface area contributed by atoms with E-state index >= 15 is 0 Å². The topological polar surface area (TPSA) is 66.9 Å². The number of aromatic nitrogens is 2. The summed E-state index contributed by atoms with van der Waals surface area (Å²) >= 11 is 0. The molecule has 3 rings (SSSR count). The molecule has 0 fully saturated rings. The summed E-state index contributed by atoms with van der Waals surface area (Å²) in [7, 11) is 0. The van der Waals surface area contributed by atoms with Gasteiger partial charge in [0.05, 0.1) is 5.52 Å². The molecule has 1 amide bonds. The lowest BCUT2D eigenvalue weighted by atomic mass is 10.1. The fraction of sp³-hybridized carbons (Fsp3) is 0.250. The van der Waals surface area contributed by atoms with Crippen LogP contribution in [-0.2, 0) is 11.2 Å². The Hall–Kier alpha value is -3.02. The van der Waals surface area contributed by atoms with Crippen molar-refractivity contribution < 1.29 is 9.18 Å². The number of hydrogen-bond donors (Lipinski definition) is 2. The zero-order valence-electron chi connectivity index (χ0n) is 14.4. The molecule has 3 aromatic rings. The molecule has 5 nitrogen and oxygen atoms in total. The van der Waals surface area contributed by atoms with Gasteiger partial charge in [0, 0.05) is 24.9 Å². The van der Waals surface area contributed by atoms with Crippen molar-refractivity contribution in [2.75, 3.05) is 18.4 Å². The Kier molecular flexibility index (Phi) is 6.09. The van der Waals surface area contributed by atoms with Crippen LogP contribution in [-0.4, -0.2) is 29.0 Å². The van der Waals surface area contributed by atoms with E-state index in [0.717, 1.165) is 22.3 Å². The van der Waals surface area contributed by atoms with Crippen molar-refractivity contribution in [1.29, 1.82) is 0 Å². The number of hydrogen-bond acceptors (Lipinski definition) is 4. The van der Waals surface area contributed by atoms with E-state index in [1.54, 1.807) is 12.1 Å². The van der Waals surface area contributed by atoms with Crippen LogP contribution in [0.5, 0.6) is 0 Å². The first-order valence-electron chi connectivity index (χ1n) is 8.67. The van der Waals surface area contributed by atoms with E-state index in [1.165, 1.54) is 18.5 Å². The average molecular weight is 352 g/mol. The first-order chi connectivity index (χ1) is 12.7. The van der Waals surface area contributed by atoms with Gasteiger partial charge >= 0.3 is 0 Å². The Morgan fingerprint density at radius 1 is 1.00 bits per heavy atom. The van der Waals surface area contributed by atoms with E-state index in [0.29, 0.717) is 32.4 Å². The van der Waals surface area contributed by atoms with Crippen LogP contribution < -0.4 is 10.6 Å². The van der Waals surface area contributed by atoms with Gasteiger partial charge in [-0.15, -0.1) is 0 Å². The van der Waals surface area contributed by atoms with Gasteiger partial charge in [0.15, 0.2) is 0 Å². The van der Waals surface area contributed by atoms with Gasteiger partial charge in [-0.2, -0.15) is 0 Å². The SMILES string of the molecule is O=C(CCCNc1ncnc2ccccc12)NCCc1ccc(F)cc1. The summed E-state index contributed by atoms with van der Waals surface area (Å²) in [4.78, 5) is 20.4. The van der Waals surface area contributed by atoms with Gasteiger partial charge in [-0.25, -0.2) is 14.4 Å². The lowest BCUT2D eigenvalue weighted by Gasteiger charge is -2.08. The fourth-order valence-corrected chi connectivity index (χ4v) is 2.69. The van der Waals surface area contributed by atoms with Crippen LogP contribution in [0, 0.1) is 5.82 Å². The van der Waals surface area contributed by atoms with Crippen LogP contribution in [0.2, 0.25) is 0 Å². The normalized spacial score (nSPS) is 10.7. The quantitative estimate of drug-likeness (QED) is 0.610. The molecular formula is C20H21FN4O. The summed E-state index contributed by atoms with van der Waals surface area (Å²) in [6.45, 7) is 1.21. The highest BCUT2D eigenvalue weighted by atomic mass is 19.1. The Morgan fingerprint density at radius 3 is 2.65 bits per heavy atom. The van der Waals surface area contributed by atoms with Crippen LogP contribution in [0.15, 0.2) is 54.9 Å². The predicted molar refractivity (Wildman–Crippen MR) is 100 cm³/mol. The molecule has 0 spiro atoms. The molecule has 0 radical (unpaired) electrons. The smallest absolute Gasteiger partial charge is 0.220 e.